The summed E-state index contributed by atoms with van der Waals surface area (Å²) >= 11 is 1.63. The Morgan fingerprint density at radius 3 is 1.96 bits per heavy atom. The van der Waals surface area contributed by atoms with Crippen LogP contribution in [0.15, 0.2) is 43.9 Å². The molecule has 46 heavy (non-hydrogen) atoms. The minimum absolute atomic E-state index is 0.254. The fourth-order valence-electron chi connectivity index (χ4n) is 4.23. The standard InChI is InChI=1S/C25H43B6N8O6S/c1-29(43)37-24(35-27-19-41)33-14-7-5-4-6-8-15-38(30(2)44)25(36-28-20-42)39(31(3)45)16-9-17-46-22-12-10-21(11-13-22)23(32)34-26-18-40/h10-13,18-20,43-45H,4-9,14-17H2,1-3H3,(H2,32,34)(H2,33,35,37). The van der Waals surface area contributed by atoms with Crippen LogP contribution in [0.2, 0.25) is 20.5 Å². The second-order valence-corrected chi connectivity index (χ2v) is 11.3. The van der Waals surface area contributed by atoms with Crippen molar-refractivity contribution in [1.29, 1.82) is 0 Å². The summed E-state index contributed by atoms with van der Waals surface area (Å²) in [5.74, 6) is 1.63. The van der Waals surface area contributed by atoms with Crippen LogP contribution in [0.25, 0.3) is 0 Å². The van der Waals surface area contributed by atoms with Crippen LogP contribution in [0.5, 0.6) is 0 Å². The number of benzene rings is 1. The number of amidine groups is 1. The van der Waals surface area contributed by atoms with E-state index in [0.717, 1.165) is 65.0 Å². The van der Waals surface area contributed by atoms with Crippen molar-refractivity contribution in [2.75, 3.05) is 25.4 Å². The summed E-state index contributed by atoms with van der Waals surface area (Å²) in [5, 5.41) is 36.5. The highest BCUT2D eigenvalue weighted by Crippen LogP contribution is 2.20. The Balaban J connectivity index is 2.66. The number of nitrogens with zero attached hydrogens (tertiary/aromatic N) is 5. The lowest BCUT2D eigenvalue weighted by Crippen LogP contribution is -2.55. The fraction of sp³-hybridized carbons (Fsp3) is 0.520. The SMILES string of the molecule is CB(O)NC(=N[B]C=O)NCCCCCCCN(B(C)O)C(=N[B]C=O)N(CCCSc1ccc(C(N)=N[B]C=O)cc1)B(C)O. The zero-order chi connectivity index (χ0) is 34.2. The van der Waals surface area contributed by atoms with Gasteiger partial charge in [0.25, 0.3) is 0 Å². The van der Waals surface area contributed by atoms with E-state index in [0.29, 0.717) is 62.1 Å². The van der Waals surface area contributed by atoms with Crippen LogP contribution >= 0.6 is 11.8 Å². The number of guanidine groups is 2. The third kappa shape index (κ3) is 17.5. The van der Waals surface area contributed by atoms with Gasteiger partial charge in [0, 0.05) is 30.1 Å². The number of carbonyl (C=O) groups excluding carboxylic acids is 3. The average Bonchev–Trinajstić information content (AvgIpc) is 3.02. The van der Waals surface area contributed by atoms with Gasteiger partial charge in [0.1, 0.15) is 24.4 Å². The monoisotopic (exact) mass is 649 g/mol. The molecule has 0 aliphatic rings. The Bertz CT molecular complexity index is 1120. The Hall–Kier alpha value is -3.14. The van der Waals surface area contributed by atoms with E-state index < -0.39 is 21.2 Å². The lowest BCUT2D eigenvalue weighted by molar-refractivity contribution is 0.399. The average molecular weight is 649 g/mol. The third-order valence-electron chi connectivity index (χ3n) is 6.38. The normalized spacial score (nSPS) is 11.7. The highest BCUT2D eigenvalue weighted by molar-refractivity contribution is 7.99. The number of hydrogen-bond acceptors (Lipinski definition) is 10. The Kier molecular flexibility index (Phi) is 22.2. The molecule has 0 saturated carbocycles. The van der Waals surface area contributed by atoms with Crippen molar-refractivity contribution >= 4 is 91.5 Å². The maximum Gasteiger partial charge on any atom is 0.411 e. The lowest BCUT2D eigenvalue weighted by Gasteiger charge is -2.36. The van der Waals surface area contributed by atoms with E-state index in [1.807, 2.05) is 24.3 Å². The van der Waals surface area contributed by atoms with E-state index >= 15 is 0 Å². The number of unbranched alkanes of at least 4 members (excludes halogenated alkanes) is 4. The van der Waals surface area contributed by atoms with E-state index in [1.165, 1.54) is 0 Å². The first kappa shape index (κ1) is 40.9. The van der Waals surface area contributed by atoms with Crippen LogP contribution in [0.3, 0.4) is 0 Å². The summed E-state index contributed by atoms with van der Waals surface area (Å²) < 4.78 is 0. The number of thioether (sulfide) groups is 1. The van der Waals surface area contributed by atoms with Gasteiger partial charge in [-0.3, -0.25) is 0 Å². The van der Waals surface area contributed by atoms with Crippen molar-refractivity contribution in [3.8, 4) is 0 Å². The molecule has 1 aromatic carbocycles. The van der Waals surface area contributed by atoms with Gasteiger partial charge >= 0.3 is 43.4 Å². The van der Waals surface area contributed by atoms with Crippen molar-refractivity contribution in [1.82, 2.24) is 20.2 Å². The molecule has 0 atom stereocenters. The van der Waals surface area contributed by atoms with E-state index in [9.17, 15) is 29.5 Å². The molecule has 243 valence electrons. The molecule has 1 aromatic rings. The van der Waals surface area contributed by atoms with E-state index in [1.54, 1.807) is 41.9 Å². The lowest BCUT2D eigenvalue weighted by atomic mass is 9.81. The summed E-state index contributed by atoms with van der Waals surface area (Å²) in [4.78, 5) is 48.6. The number of carbonyl (C=O) groups is 3. The van der Waals surface area contributed by atoms with Gasteiger partial charge in [0.15, 0.2) is 11.9 Å². The number of rotatable bonds is 23. The third-order valence-corrected chi connectivity index (χ3v) is 7.48. The van der Waals surface area contributed by atoms with Crippen molar-refractivity contribution in [3.63, 3.8) is 0 Å². The van der Waals surface area contributed by atoms with Crippen LogP contribution < -0.4 is 16.3 Å². The topological polar surface area (TPSA) is 206 Å². The molecular weight excluding hydrogens is 605 g/mol. The molecule has 0 fully saturated rings. The quantitative estimate of drug-likeness (QED) is 0.0213. The number of hydrogen-bond donors (Lipinski definition) is 6. The van der Waals surface area contributed by atoms with Gasteiger partial charge < -0.3 is 70.1 Å². The number of nitrogens with two attached hydrogens (primary N) is 1. The number of nitrogens with one attached hydrogen (secondary N) is 2. The summed E-state index contributed by atoms with van der Waals surface area (Å²) in [6.45, 7) is 6.32. The molecule has 0 aliphatic heterocycles. The highest BCUT2D eigenvalue weighted by Gasteiger charge is 2.28. The Labute approximate surface area is 280 Å². The Morgan fingerprint density at radius 2 is 1.37 bits per heavy atom. The van der Waals surface area contributed by atoms with Gasteiger partial charge in [0.2, 0.25) is 0 Å². The van der Waals surface area contributed by atoms with Crippen LogP contribution in [0.4, 0.5) is 0 Å². The first-order chi connectivity index (χ1) is 22.1. The van der Waals surface area contributed by atoms with Crippen molar-refractivity contribution in [3.05, 3.63) is 29.8 Å². The molecule has 0 unspecified atom stereocenters. The van der Waals surface area contributed by atoms with E-state index in [4.69, 9.17) is 5.73 Å². The van der Waals surface area contributed by atoms with Gasteiger partial charge in [0.05, 0.1) is 0 Å². The second-order valence-electron chi connectivity index (χ2n) is 10.2. The molecule has 7 N–H and O–H groups in total. The molecule has 21 heteroatoms. The summed E-state index contributed by atoms with van der Waals surface area (Å²) in [6.07, 6.45) is 6.73. The predicted octanol–water partition coefficient (Wildman–Crippen LogP) is -0.921. The van der Waals surface area contributed by atoms with E-state index in [2.05, 4.69) is 25.3 Å². The van der Waals surface area contributed by atoms with Crippen LogP contribution in [-0.4, -0.2) is 130 Å². The molecule has 0 spiro atoms. The van der Waals surface area contributed by atoms with Crippen LogP contribution in [0, 0.1) is 0 Å². The zero-order valence-electron chi connectivity index (χ0n) is 26.9. The van der Waals surface area contributed by atoms with Gasteiger partial charge in [-0.05, 0) is 57.6 Å². The molecule has 0 aliphatic carbocycles. The first-order valence-electron chi connectivity index (χ1n) is 15.3. The minimum Gasteiger partial charge on any atom is -0.433 e. The van der Waals surface area contributed by atoms with Crippen molar-refractivity contribution in [2.45, 2.75) is 63.9 Å². The molecule has 0 heterocycles. The van der Waals surface area contributed by atoms with Gasteiger partial charge in [-0.1, -0.05) is 31.4 Å². The Morgan fingerprint density at radius 1 is 0.826 bits per heavy atom. The van der Waals surface area contributed by atoms with Crippen molar-refractivity contribution < 1.29 is 29.5 Å². The maximum absolute atomic E-state index is 11.2. The molecule has 0 bridgehead atoms. The largest absolute Gasteiger partial charge is 0.433 e. The second kappa shape index (κ2) is 25.0. The van der Waals surface area contributed by atoms with Crippen LogP contribution in [0.1, 0.15) is 44.1 Å². The highest BCUT2D eigenvalue weighted by atomic mass is 32.2. The molecule has 3 radical (unpaired) electrons. The molecule has 1 rings (SSSR count). The van der Waals surface area contributed by atoms with Gasteiger partial charge in [-0.15, -0.1) is 11.8 Å². The smallest absolute Gasteiger partial charge is 0.411 e. The molecular formula is C25H43B6N8O6S. The molecule has 0 amide bonds. The summed E-state index contributed by atoms with van der Waals surface area (Å²) in [5.41, 5.74) is 6.57. The molecule has 0 aromatic heterocycles. The molecule has 14 nitrogen and oxygen atoms in total. The predicted molar refractivity (Wildman–Crippen MR) is 194 cm³/mol. The molecule has 0 saturated heterocycles. The van der Waals surface area contributed by atoms with E-state index in [-0.39, 0.29) is 5.84 Å². The van der Waals surface area contributed by atoms with Crippen molar-refractivity contribution in [2.24, 2.45) is 20.4 Å². The van der Waals surface area contributed by atoms with Crippen LogP contribution in [-0.2, 0) is 14.4 Å². The maximum atomic E-state index is 11.2. The zero-order valence-corrected chi connectivity index (χ0v) is 27.7. The minimum atomic E-state index is -0.914. The van der Waals surface area contributed by atoms with Gasteiger partial charge in [-0.25, -0.2) is 0 Å². The first-order valence-corrected chi connectivity index (χ1v) is 16.2. The fourth-order valence-corrected chi connectivity index (χ4v) is 5.07. The summed E-state index contributed by atoms with van der Waals surface area (Å²) in [7, 11) is 0.684. The summed E-state index contributed by atoms with van der Waals surface area (Å²) in [6, 6.07) is 7.50. The van der Waals surface area contributed by atoms with Gasteiger partial charge in [-0.2, -0.15) is 0 Å².